The Morgan fingerprint density at radius 3 is 2.58 bits per heavy atom. The molecule has 2 unspecified atom stereocenters. The number of pyridine rings is 1. The summed E-state index contributed by atoms with van der Waals surface area (Å²) < 4.78 is 0. The van der Waals surface area contributed by atoms with Gasteiger partial charge in [-0.2, -0.15) is 0 Å². The van der Waals surface area contributed by atoms with Crippen LogP contribution in [-0.4, -0.2) is 53.9 Å². The fourth-order valence-electron chi connectivity index (χ4n) is 2.53. The molecular weight excluding hydrogens is 285 g/mol. The minimum absolute atomic E-state index is 0.0784. The predicted octanol–water partition coefficient (Wildman–Crippen LogP) is 2.41. The molecule has 19 heavy (non-hydrogen) atoms. The van der Waals surface area contributed by atoms with E-state index in [-0.39, 0.29) is 11.1 Å². The molecule has 1 aliphatic heterocycles. The molecule has 0 aromatic carbocycles. The maximum Gasteiger partial charge on any atom is 0.257 e. The highest BCUT2D eigenvalue weighted by molar-refractivity contribution is 6.34. The Labute approximate surface area is 123 Å². The molecule has 2 atom stereocenters. The van der Waals surface area contributed by atoms with E-state index in [9.17, 15) is 4.79 Å². The van der Waals surface area contributed by atoms with Gasteiger partial charge in [0, 0.05) is 19.1 Å². The highest BCUT2D eigenvalue weighted by Crippen LogP contribution is 2.24. The summed E-state index contributed by atoms with van der Waals surface area (Å²) in [6.45, 7) is 3.60. The van der Waals surface area contributed by atoms with Crippen LogP contribution in [0.3, 0.4) is 0 Å². The van der Waals surface area contributed by atoms with Gasteiger partial charge >= 0.3 is 0 Å². The molecule has 6 heteroatoms. The lowest BCUT2D eigenvalue weighted by Crippen LogP contribution is -2.35. The molecular formula is C13H17Cl2N3O. The minimum atomic E-state index is -0.0784. The molecule has 2 heterocycles. The van der Waals surface area contributed by atoms with Gasteiger partial charge in [-0.15, -0.1) is 0 Å². The summed E-state index contributed by atoms with van der Waals surface area (Å²) in [5, 5.41) is 0.459. The third-order valence-corrected chi connectivity index (χ3v) is 4.07. The Morgan fingerprint density at radius 2 is 2.05 bits per heavy atom. The molecule has 1 saturated heterocycles. The Kier molecular flexibility index (Phi) is 4.33. The van der Waals surface area contributed by atoms with Crippen molar-refractivity contribution in [2.45, 2.75) is 13.0 Å². The zero-order valence-electron chi connectivity index (χ0n) is 11.2. The monoisotopic (exact) mass is 301 g/mol. The number of aromatic nitrogens is 1. The second-order valence-electron chi connectivity index (χ2n) is 5.19. The normalized spacial score (nSPS) is 23.2. The largest absolute Gasteiger partial charge is 0.337 e. The van der Waals surface area contributed by atoms with Crippen molar-refractivity contribution < 1.29 is 4.79 Å². The number of rotatable bonds is 2. The molecule has 104 valence electrons. The number of amides is 1. The molecule has 0 radical (unpaired) electrons. The van der Waals surface area contributed by atoms with Gasteiger partial charge in [-0.3, -0.25) is 4.79 Å². The van der Waals surface area contributed by atoms with E-state index >= 15 is 0 Å². The van der Waals surface area contributed by atoms with Crippen LogP contribution >= 0.6 is 23.2 Å². The number of carbonyl (C=O) groups excluding carboxylic acids is 1. The topological polar surface area (TPSA) is 36.4 Å². The quantitative estimate of drug-likeness (QED) is 0.787. The van der Waals surface area contributed by atoms with Crippen LogP contribution in [0.4, 0.5) is 0 Å². The Bertz CT molecular complexity index is 493. The molecule has 1 aliphatic rings. The van der Waals surface area contributed by atoms with E-state index < -0.39 is 0 Å². The lowest BCUT2D eigenvalue weighted by atomic mass is 10.1. The number of carbonyl (C=O) groups is 1. The second-order valence-corrected chi connectivity index (χ2v) is 5.94. The van der Waals surface area contributed by atoms with Gasteiger partial charge in [0.25, 0.3) is 5.91 Å². The maximum absolute atomic E-state index is 12.4. The van der Waals surface area contributed by atoms with Crippen LogP contribution in [0.1, 0.15) is 17.3 Å². The Hall–Kier alpha value is -0.840. The third-order valence-electron chi connectivity index (χ3n) is 3.57. The van der Waals surface area contributed by atoms with Gasteiger partial charge in [0.05, 0.1) is 5.56 Å². The van der Waals surface area contributed by atoms with Gasteiger partial charge in [-0.25, -0.2) is 4.98 Å². The van der Waals surface area contributed by atoms with E-state index in [1.165, 1.54) is 0 Å². The highest BCUT2D eigenvalue weighted by atomic mass is 35.5. The lowest BCUT2D eigenvalue weighted by Gasteiger charge is -2.22. The lowest BCUT2D eigenvalue weighted by molar-refractivity contribution is 0.0781. The Morgan fingerprint density at radius 1 is 1.37 bits per heavy atom. The summed E-state index contributed by atoms with van der Waals surface area (Å²) >= 11 is 11.7. The first-order valence-corrected chi connectivity index (χ1v) is 6.93. The number of likely N-dealkylation sites (tertiary alicyclic amines) is 1. The fraction of sp³-hybridized carbons (Fsp3) is 0.538. The third kappa shape index (κ3) is 3.02. The zero-order valence-corrected chi connectivity index (χ0v) is 12.7. The predicted molar refractivity (Wildman–Crippen MR) is 76.8 cm³/mol. The van der Waals surface area contributed by atoms with E-state index in [0.717, 1.165) is 6.54 Å². The Balaban J connectivity index is 2.17. The summed E-state index contributed by atoms with van der Waals surface area (Å²) in [7, 11) is 4.07. The van der Waals surface area contributed by atoms with Gasteiger partial charge < -0.3 is 9.80 Å². The van der Waals surface area contributed by atoms with Crippen LogP contribution < -0.4 is 0 Å². The standard InChI is InChI=1S/C13H17Cl2N3O/c1-8-6-18(7-10(8)17(2)3)13(19)9-4-5-11(14)16-12(9)15/h4-5,8,10H,6-7H2,1-3H3. The van der Waals surface area contributed by atoms with E-state index in [2.05, 4.69) is 16.8 Å². The van der Waals surface area contributed by atoms with E-state index in [1.54, 1.807) is 12.1 Å². The van der Waals surface area contributed by atoms with Crippen LogP contribution in [-0.2, 0) is 0 Å². The molecule has 0 spiro atoms. The first-order valence-electron chi connectivity index (χ1n) is 6.18. The van der Waals surface area contributed by atoms with Crippen molar-refractivity contribution in [3.8, 4) is 0 Å². The van der Waals surface area contributed by atoms with E-state index in [0.29, 0.717) is 29.2 Å². The number of nitrogens with zero attached hydrogens (tertiary/aromatic N) is 3. The van der Waals surface area contributed by atoms with Gasteiger partial charge in [0.1, 0.15) is 10.3 Å². The summed E-state index contributed by atoms with van der Waals surface area (Å²) in [5.41, 5.74) is 0.415. The number of hydrogen-bond donors (Lipinski definition) is 0. The SMILES string of the molecule is CC1CN(C(=O)c2ccc(Cl)nc2Cl)CC1N(C)C. The first kappa shape index (κ1) is 14.6. The summed E-state index contributed by atoms with van der Waals surface area (Å²) in [6.07, 6.45) is 0. The van der Waals surface area contributed by atoms with Gasteiger partial charge in [0.2, 0.25) is 0 Å². The van der Waals surface area contributed by atoms with Crippen LogP contribution in [0.2, 0.25) is 10.3 Å². The van der Waals surface area contributed by atoms with Crippen molar-refractivity contribution in [2.24, 2.45) is 5.92 Å². The van der Waals surface area contributed by atoms with Crippen molar-refractivity contribution in [1.82, 2.24) is 14.8 Å². The van der Waals surface area contributed by atoms with E-state index in [1.807, 2.05) is 19.0 Å². The van der Waals surface area contributed by atoms with Crippen molar-refractivity contribution >= 4 is 29.1 Å². The summed E-state index contributed by atoms with van der Waals surface area (Å²) in [6, 6.07) is 3.60. The molecule has 4 nitrogen and oxygen atoms in total. The zero-order chi connectivity index (χ0) is 14.2. The molecule has 1 fully saturated rings. The van der Waals surface area contributed by atoms with E-state index in [4.69, 9.17) is 23.2 Å². The number of halogens is 2. The number of hydrogen-bond acceptors (Lipinski definition) is 3. The van der Waals surface area contributed by atoms with Gasteiger partial charge in [-0.05, 0) is 32.1 Å². The molecule has 0 saturated carbocycles. The van der Waals surface area contributed by atoms with Gasteiger partial charge in [-0.1, -0.05) is 30.1 Å². The highest BCUT2D eigenvalue weighted by Gasteiger charge is 2.34. The molecule has 1 amide bonds. The number of likely N-dealkylation sites (N-methyl/N-ethyl adjacent to an activating group) is 1. The fourth-order valence-corrected chi connectivity index (χ4v) is 2.96. The van der Waals surface area contributed by atoms with Crippen molar-refractivity contribution in [2.75, 3.05) is 27.2 Å². The smallest absolute Gasteiger partial charge is 0.257 e. The molecule has 0 bridgehead atoms. The average molecular weight is 302 g/mol. The van der Waals surface area contributed by atoms with Crippen LogP contribution in [0, 0.1) is 5.92 Å². The van der Waals surface area contributed by atoms with Gasteiger partial charge in [0.15, 0.2) is 0 Å². The molecule has 1 aromatic heterocycles. The summed E-state index contributed by atoms with van der Waals surface area (Å²) in [4.78, 5) is 20.3. The van der Waals surface area contributed by atoms with Crippen molar-refractivity contribution in [1.29, 1.82) is 0 Å². The molecule has 0 N–H and O–H groups in total. The minimum Gasteiger partial charge on any atom is -0.337 e. The van der Waals surface area contributed by atoms with Crippen LogP contribution in [0.25, 0.3) is 0 Å². The van der Waals surface area contributed by atoms with Crippen LogP contribution in [0.5, 0.6) is 0 Å². The molecule has 0 aliphatic carbocycles. The first-order chi connectivity index (χ1) is 8.90. The van der Waals surface area contributed by atoms with Crippen molar-refractivity contribution in [3.63, 3.8) is 0 Å². The maximum atomic E-state index is 12.4. The average Bonchev–Trinajstić information content (AvgIpc) is 2.70. The van der Waals surface area contributed by atoms with Crippen LogP contribution in [0.15, 0.2) is 12.1 Å². The summed E-state index contributed by atoms with van der Waals surface area (Å²) in [5.74, 6) is 0.364. The molecule has 1 aromatic rings. The second kappa shape index (κ2) is 5.65. The molecule has 2 rings (SSSR count). The van der Waals surface area contributed by atoms with Crippen molar-refractivity contribution in [3.05, 3.63) is 28.0 Å².